The first-order valence-electron chi connectivity index (χ1n) is 7.80. The molecule has 0 aromatic heterocycles. The van der Waals surface area contributed by atoms with Crippen molar-refractivity contribution in [3.63, 3.8) is 0 Å². The standard InChI is InChI=1S/C8H8F2.C5H10O.C4H10.CH4S/c1-2-6-3-4-7(9)8(10)5-6;1-3-5(2)4-6;1-3-4-2;1-2/h3-5H,2H2,1H3;4-5H,3H2,1-2H3;3-4H2,1-2H3;2H,1H3. The van der Waals surface area contributed by atoms with Gasteiger partial charge in [0.2, 0.25) is 0 Å². The van der Waals surface area contributed by atoms with E-state index >= 15 is 0 Å². The smallest absolute Gasteiger partial charge is 0.159 e. The van der Waals surface area contributed by atoms with Gasteiger partial charge in [-0.25, -0.2) is 8.78 Å². The molecule has 1 nitrogen and oxygen atoms in total. The number of thiol groups is 1. The highest BCUT2D eigenvalue weighted by molar-refractivity contribution is 7.79. The van der Waals surface area contributed by atoms with Crippen LogP contribution in [0.1, 0.15) is 59.4 Å². The molecule has 22 heavy (non-hydrogen) atoms. The van der Waals surface area contributed by atoms with E-state index in [-0.39, 0.29) is 5.92 Å². The Morgan fingerprint density at radius 1 is 1.05 bits per heavy atom. The van der Waals surface area contributed by atoms with Gasteiger partial charge in [0.25, 0.3) is 0 Å². The predicted molar refractivity (Wildman–Crippen MR) is 96.7 cm³/mol. The number of rotatable bonds is 4. The van der Waals surface area contributed by atoms with Crippen molar-refractivity contribution < 1.29 is 13.6 Å². The van der Waals surface area contributed by atoms with Gasteiger partial charge < -0.3 is 4.79 Å². The maximum absolute atomic E-state index is 12.4. The van der Waals surface area contributed by atoms with Gasteiger partial charge in [-0.1, -0.05) is 53.5 Å². The topological polar surface area (TPSA) is 17.1 Å². The molecule has 0 bridgehead atoms. The van der Waals surface area contributed by atoms with Crippen LogP contribution in [0, 0.1) is 17.6 Å². The van der Waals surface area contributed by atoms with Gasteiger partial charge in [-0.05, 0) is 36.8 Å². The van der Waals surface area contributed by atoms with Crippen molar-refractivity contribution in [1.82, 2.24) is 0 Å². The minimum absolute atomic E-state index is 0.255. The summed E-state index contributed by atoms with van der Waals surface area (Å²) >= 11 is 3.53. The summed E-state index contributed by atoms with van der Waals surface area (Å²) in [7, 11) is 0. The van der Waals surface area contributed by atoms with Crippen molar-refractivity contribution in [3.8, 4) is 0 Å². The number of benzene rings is 1. The fourth-order valence-electron chi connectivity index (χ4n) is 0.856. The van der Waals surface area contributed by atoms with Crippen molar-refractivity contribution >= 4 is 18.9 Å². The molecule has 0 amide bonds. The third-order valence-electron chi connectivity index (χ3n) is 2.77. The van der Waals surface area contributed by atoms with Crippen LogP contribution in [0.2, 0.25) is 0 Å². The lowest BCUT2D eigenvalue weighted by Gasteiger charge is -1.95. The van der Waals surface area contributed by atoms with E-state index in [1.54, 1.807) is 12.3 Å². The number of carbonyl (C=O) groups excluding carboxylic acids is 1. The summed E-state index contributed by atoms with van der Waals surface area (Å²) in [5, 5.41) is 0. The van der Waals surface area contributed by atoms with Gasteiger partial charge >= 0.3 is 0 Å². The Morgan fingerprint density at radius 3 is 1.77 bits per heavy atom. The molecule has 1 rings (SSSR count). The summed E-state index contributed by atoms with van der Waals surface area (Å²) in [6.45, 7) is 10.2. The molecule has 0 aliphatic heterocycles. The number of hydrogen-bond donors (Lipinski definition) is 1. The van der Waals surface area contributed by atoms with Crippen molar-refractivity contribution in [3.05, 3.63) is 35.4 Å². The summed E-state index contributed by atoms with van der Waals surface area (Å²) in [5.41, 5.74) is 0.818. The van der Waals surface area contributed by atoms with Crippen LogP contribution in [0.4, 0.5) is 8.78 Å². The van der Waals surface area contributed by atoms with Gasteiger partial charge in [-0.15, -0.1) is 0 Å². The monoisotopic (exact) mass is 334 g/mol. The van der Waals surface area contributed by atoms with Crippen molar-refractivity contribution in [2.24, 2.45) is 5.92 Å². The number of aldehydes is 1. The predicted octanol–water partition coefficient (Wildman–Crippen LogP) is 6.11. The zero-order valence-corrected chi connectivity index (χ0v) is 15.7. The number of hydrogen-bond acceptors (Lipinski definition) is 2. The first-order valence-corrected chi connectivity index (χ1v) is 8.69. The van der Waals surface area contributed by atoms with E-state index in [4.69, 9.17) is 0 Å². The second-order valence-electron chi connectivity index (χ2n) is 4.62. The highest BCUT2D eigenvalue weighted by Crippen LogP contribution is 2.08. The van der Waals surface area contributed by atoms with E-state index in [9.17, 15) is 13.6 Å². The maximum atomic E-state index is 12.4. The SMILES string of the molecule is CCC(C)C=O.CCCC.CCc1ccc(F)c(F)c1.CS. The van der Waals surface area contributed by atoms with Crippen LogP contribution < -0.4 is 0 Å². The van der Waals surface area contributed by atoms with E-state index < -0.39 is 11.6 Å². The van der Waals surface area contributed by atoms with Crippen LogP contribution in [0.25, 0.3) is 0 Å². The summed E-state index contributed by atoms with van der Waals surface area (Å²) in [6.07, 6.45) is 7.00. The third kappa shape index (κ3) is 17.2. The molecule has 1 aromatic rings. The minimum Gasteiger partial charge on any atom is -0.303 e. The molecule has 0 radical (unpaired) electrons. The van der Waals surface area contributed by atoms with E-state index in [1.807, 2.05) is 20.8 Å². The van der Waals surface area contributed by atoms with Crippen LogP contribution in [-0.4, -0.2) is 12.5 Å². The van der Waals surface area contributed by atoms with E-state index in [1.165, 1.54) is 18.9 Å². The van der Waals surface area contributed by atoms with Crippen molar-refractivity contribution in [2.75, 3.05) is 6.26 Å². The molecule has 1 aromatic carbocycles. The number of carbonyl (C=O) groups is 1. The maximum Gasteiger partial charge on any atom is 0.159 e. The molecule has 0 fully saturated rings. The Morgan fingerprint density at radius 2 is 1.55 bits per heavy atom. The van der Waals surface area contributed by atoms with Gasteiger partial charge in [0.1, 0.15) is 6.29 Å². The normalized spacial score (nSPS) is 9.86. The van der Waals surface area contributed by atoms with E-state index in [2.05, 4.69) is 26.5 Å². The number of halogens is 2. The number of unbranched alkanes of at least 4 members (excludes halogenated alkanes) is 1. The molecule has 1 atom stereocenters. The van der Waals surface area contributed by atoms with Crippen molar-refractivity contribution in [2.45, 2.75) is 60.3 Å². The molecule has 0 spiro atoms. The van der Waals surface area contributed by atoms with E-state index in [0.717, 1.165) is 30.8 Å². The van der Waals surface area contributed by atoms with Gasteiger partial charge in [-0.2, -0.15) is 12.6 Å². The Labute approximate surface area is 140 Å². The second-order valence-corrected chi connectivity index (χ2v) is 4.62. The Hall–Kier alpha value is -0.900. The molecule has 0 aliphatic carbocycles. The van der Waals surface area contributed by atoms with Gasteiger partial charge in [-0.3, -0.25) is 0 Å². The van der Waals surface area contributed by atoms with Crippen LogP contribution in [0.15, 0.2) is 18.2 Å². The first kappa shape index (κ1) is 26.0. The molecule has 130 valence electrons. The molecule has 0 saturated carbocycles. The minimum atomic E-state index is -0.780. The molecular weight excluding hydrogens is 302 g/mol. The first-order chi connectivity index (χ1) is 10.5. The molecule has 0 N–H and O–H groups in total. The van der Waals surface area contributed by atoms with E-state index in [0.29, 0.717) is 0 Å². The summed E-state index contributed by atoms with van der Waals surface area (Å²) in [5.74, 6) is -1.29. The molecular formula is C18H32F2OS. The molecule has 0 saturated heterocycles. The Bertz CT molecular complexity index is 355. The summed E-state index contributed by atoms with van der Waals surface area (Å²) < 4.78 is 24.7. The highest BCUT2D eigenvalue weighted by Gasteiger charge is 1.99. The zero-order chi connectivity index (χ0) is 18.0. The zero-order valence-electron chi connectivity index (χ0n) is 14.8. The van der Waals surface area contributed by atoms with Crippen molar-refractivity contribution in [1.29, 1.82) is 0 Å². The lowest BCUT2D eigenvalue weighted by Crippen LogP contribution is -1.89. The fourth-order valence-corrected chi connectivity index (χ4v) is 0.856. The lowest BCUT2D eigenvalue weighted by molar-refractivity contribution is -0.110. The highest BCUT2D eigenvalue weighted by atomic mass is 32.1. The van der Waals surface area contributed by atoms with Crippen LogP contribution in [0.3, 0.4) is 0 Å². The molecule has 0 heterocycles. The Kier molecular flexibility index (Phi) is 23.8. The average Bonchev–Trinajstić information content (AvgIpc) is 2.59. The summed E-state index contributed by atoms with van der Waals surface area (Å²) in [6, 6.07) is 3.95. The van der Waals surface area contributed by atoms with Gasteiger partial charge in [0, 0.05) is 5.92 Å². The average molecular weight is 335 g/mol. The Balaban J connectivity index is -0.000000259. The van der Waals surface area contributed by atoms with Gasteiger partial charge in [0.05, 0.1) is 0 Å². The molecule has 4 heteroatoms. The molecule has 0 aliphatic rings. The van der Waals surface area contributed by atoms with Crippen LogP contribution in [0.5, 0.6) is 0 Å². The fraction of sp³-hybridized carbons (Fsp3) is 0.611. The quantitative estimate of drug-likeness (QED) is 0.519. The number of aryl methyl sites for hydroxylation is 1. The summed E-state index contributed by atoms with van der Waals surface area (Å²) in [4.78, 5) is 9.74. The molecule has 1 unspecified atom stereocenters. The lowest BCUT2D eigenvalue weighted by atomic mass is 10.2. The van der Waals surface area contributed by atoms with Crippen LogP contribution in [-0.2, 0) is 11.2 Å². The largest absolute Gasteiger partial charge is 0.303 e. The third-order valence-corrected chi connectivity index (χ3v) is 2.77. The van der Waals surface area contributed by atoms with Gasteiger partial charge in [0.15, 0.2) is 11.6 Å². The second kappa shape index (κ2) is 20.1. The van der Waals surface area contributed by atoms with Crippen LogP contribution >= 0.6 is 12.6 Å².